The fourth-order valence-corrected chi connectivity index (χ4v) is 3.05. The lowest BCUT2D eigenvalue weighted by molar-refractivity contribution is 0.102. The number of para-hydroxylation sites is 1. The minimum atomic E-state index is -0.514. The first-order valence-electron chi connectivity index (χ1n) is 8.34. The summed E-state index contributed by atoms with van der Waals surface area (Å²) in [5, 5.41) is 7.00. The Labute approximate surface area is 154 Å². The van der Waals surface area contributed by atoms with Crippen molar-refractivity contribution in [1.29, 1.82) is 0 Å². The average molecular weight is 365 g/mol. The SMILES string of the molecule is Cc1cc(-c2cc(C(=O)Nc3ccccc3F)c3c(C)noc3n2)c(C)o1. The summed E-state index contributed by atoms with van der Waals surface area (Å²) >= 11 is 0. The molecule has 1 N–H and O–H groups in total. The highest BCUT2D eigenvalue weighted by Crippen LogP contribution is 2.31. The van der Waals surface area contributed by atoms with E-state index in [0.29, 0.717) is 28.1 Å². The Kier molecular flexibility index (Phi) is 3.99. The maximum atomic E-state index is 13.9. The minimum Gasteiger partial charge on any atom is -0.466 e. The predicted octanol–water partition coefficient (Wildman–Crippen LogP) is 4.80. The molecule has 4 aromatic rings. The Morgan fingerprint density at radius 3 is 2.63 bits per heavy atom. The Morgan fingerprint density at radius 1 is 1.15 bits per heavy atom. The van der Waals surface area contributed by atoms with Gasteiger partial charge in [0.1, 0.15) is 17.3 Å². The topological polar surface area (TPSA) is 81.2 Å². The van der Waals surface area contributed by atoms with Gasteiger partial charge in [0.05, 0.1) is 28.0 Å². The fraction of sp³-hybridized carbons (Fsp3) is 0.150. The molecule has 7 heteroatoms. The Morgan fingerprint density at radius 2 is 1.93 bits per heavy atom. The largest absolute Gasteiger partial charge is 0.466 e. The zero-order chi connectivity index (χ0) is 19.1. The molecule has 0 unspecified atom stereocenters. The zero-order valence-electron chi connectivity index (χ0n) is 15.0. The number of anilines is 1. The molecule has 0 atom stereocenters. The van der Waals surface area contributed by atoms with Gasteiger partial charge in [-0.15, -0.1) is 0 Å². The van der Waals surface area contributed by atoms with Crippen LogP contribution in [-0.4, -0.2) is 16.0 Å². The quantitative estimate of drug-likeness (QED) is 0.564. The molecule has 0 aliphatic rings. The van der Waals surface area contributed by atoms with Crippen molar-refractivity contribution >= 4 is 22.7 Å². The number of aryl methyl sites for hydroxylation is 3. The van der Waals surface area contributed by atoms with E-state index in [1.165, 1.54) is 12.1 Å². The lowest BCUT2D eigenvalue weighted by Gasteiger charge is -2.08. The molecule has 0 fully saturated rings. The van der Waals surface area contributed by atoms with E-state index >= 15 is 0 Å². The molecule has 0 saturated heterocycles. The van der Waals surface area contributed by atoms with E-state index in [4.69, 9.17) is 8.94 Å². The van der Waals surface area contributed by atoms with Gasteiger partial charge in [-0.05, 0) is 45.0 Å². The van der Waals surface area contributed by atoms with Gasteiger partial charge < -0.3 is 14.3 Å². The highest BCUT2D eigenvalue weighted by atomic mass is 19.1. The van der Waals surface area contributed by atoms with Gasteiger partial charge in [-0.2, -0.15) is 0 Å². The summed E-state index contributed by atoms with van der Waals surface area (Å²) in [6, 6.07) is 9.46. The number of nitrogens with zero attached hydrogens (tertiary/aromatic N) is 2. The number of carbonyl (C=O) groups is 1. The minimum absolute atomic E-state index is 0.0958. The number of pyridine rings is 1. The van der Waals surface area contributed by atoms with Crippen LogP contribution in [0.15, 0.2) is 45.3 Å². The summed E-state index contributed by atoms with van der Waals surface area (Å²) in [7, 11) is 0. The van der Waals surface area contributed by atoms with Crippen molar-refractivity contribution in [2.75, 3.05) is 5.32 Å². The second kappa shape index (κ2) is 6.35. The third-order valence-corrected chi connectivity index (χ3v) is 4.30. The smallest absolute Gasteiger partial charge is 0.259 e. The lowest BCUT2D eigenvalue weighted by atomic mass is 10.1. The van der Waals surface area contributed by atoms with Gasteiger partial charge in [0.25, 0.3) is 11.6 Å². The van der Waals surface area contributed by atoms with Crippen LogP contribution in [0.5, 0.6) is 0 Å². The van der Waals surface area contributed by atoms with Crippen LogP contribution in [0.25, 0.3) is 22.4 Å². The molecule has 3 heterocycles. The van der Waals surface area contributed by atoms with E-state index in [2.05, 4.69) is 15.5 Å². The molecule has 136 valence electrons. The number of rotatable bonds is 3. The Hall–Kier alpha value is -3.48. The maximum Gasteiger partial charge on any atom is 0.259 e. The van der Waals surface area contributed by atoms with Crippen LogP contribution in [-0.2, 0) is 0 Å². The van der Waals surface area contributed by atoms with E-state index in [0.717, 1.165) is 11.3 Å². The summed E-state index contributed by atoms with van der Waals surface area (Å²) in [4.78, 5) is 17.4. The van der Waals surface area contributed by atoms with E-state index in [-0.39, 0.29) is 11.4 Å². The Balaban J connectivity index is 1.85. The first-order chi connectivity index (χ1) is 12.9. The molecule has 3 aromatic heterocycles. The molecule has 0 aliphatic carbocycles. The highest BCUT2D eigenvalue weighted by Gasteiger charge is 2.21. The van der Waals surface area contributed by atoms with Crippen molar-refractivity contribution in [1.82, 2.24) is 10.1 Å². The second-order valence-electron chi connectivity index (χ2n) is 6.26. The molecule has 4 rings (SSSR count). The first kappa shape index (κ1) is 17.0. The first-order valence-corrected chi connectivity index (χ1v) is 8.34. The number of amides is 1. The number of hydrogen-bond acceptors (Lipinski definition) is 5. The predicted molar refractivity (Wildman–Crippen MR) is 98.1 cm³/mol. The third-order valence-electron chi connectivity index (χ3n) is 4.30. The van der Waals surface area contributed by atoms with Crippen LogP contribution in [0.1, 0.15) is 27.6 Å². The van der Waals surface area contributed by atoms with Gasteiger partial charge in [-0.3, -0.25) is 4.79 Å². The molecule has 6 nitrogen and oxygen atoms in total. The molecular formula is C20H16FN3O3. The molecule has 1 amide bonds. The van der Waals surface area contributed by atoms with Crippen LogP contribution in [0.2, 0.25) is 0 Å². The van der Waals surface area contributed by atoms with Crippen LogP contribution in [0.4, 0.5) is 10.1 Å². The standard InChI is InChI=1S/C20H16FN3O3/c1-10-8-13(12(3)26-10)17-9-14(18-11(2)24-27-20(18)23-17)19(25)22-16-7-5-4-6-15(16)21/h4-9H,1-3H3,(H,22,25). The van der Waals surface area contributed by atoms with E-state index in [9.17, 15) is 9.18 Å². The van der Waals surface area contributed by atoms with Gasteiger partial charge in [0.2, 0.25) is 0 Å². The Bertz CT molecular complexity index is 1180. The van der Waals surface area contributed by atoms with Gasteiger partial charge in [-0.1, -0.05) is 17.3 Å². The summed E-state index contributed by atoms with van der Waals surface area (Å²) in [6.07, 6.45) is 0. The second-order valence-corrected chi connectivity index (χ2v) is 6.26. The van der Waals surface area contributed by atoms with Crippen molar-refractivity contribution < 1.29 is 18.1 Å². The van der Waals surface area contributed by atoms with Crippen molar-refractivity contribution in [3.8, 4) is 11.3 Å². The van der Waals surface area contributed by atoms with E-state index in [1.54, 1.807) is 25.1 Å². The molecule has 0 radical (unpaired) electrons. The summed E-state index contributed by atoms with van der Waals surface area (Å²) in [5.74, 6) is 0.421. The van der Waals surface area contributed by atoms with Gasteiger partial charge in [-0.25, -0.2) is 9.37 Å². The third kappa shape index (κ3) is 2.97. The van der Waals surface area contributed by atoms with Crippen molar-refractivity contribution in [3.05, 3.63) is 65.0 Å². The fourth-order valence-electron chi connectivity index (χ4n) is 3.05. The number of benzene rings is 1. The van der Waals surface area contributed by atoms with Crippen molar-refractivity contribution in [2.45, 2.75) is 20.8 Å². The number of fused-ring (bicyclic) bond motifs is 1. The number of furan rings is 1. The van der Waals surface area contributed by atoms with Gasteiger partial charge in [0.15, 0.2) is 0 Å². The van der Waals surface area contributed by atoms with Gasteiger partial charge >= 0.3 is 0 Å². The number of aromatic nitrogens is 2. The normalized spacial score (nSPS) is 11.1. The summed E-state index contributed by atoms with van der Waals surface area (Å²) in [5.41, 5.74) is 2.44. The molecule has 1 aromatic carbocycles. The number of halogens is 1. The zero-order valence-corrected chi connectivity index (χ0v) is 15.0. The number of hydrogen-bond donors (Lipinski definition) is 1. The monoisotopic (exact) mass is 365 g/mol. The van der Waals surface area contributed by atoms with E-state index in [1.807, 2.05) is 19.9 Å². The molecule has 0 bridgehead atoms. The van der Waals surface area contributed by atoms with Crippen molar-refractivity contribution in [2.24, 2.45) is 0 Å². The molecular weight excluding hydrogens is 349 g/mol. The molecule has 0 aliphatic heterocycles. The van der Waals surface area contributed by atoms with E-state index < -0.39 is 11.7 Å². The van der Waals surface area contributed by atoms with Crippen LogP contribution < -0.4 is 5.32 Å². The molecule has 27 heavy (non-hydrogen) atoms. The van der Waals surface area contributed by atoms with Crippen LogP contribution in [0.3, 0.4) is 0 Å². The van der Waals surface area contributed by atoms with Crippen LogP contribution in [0, 0.1) is 26.6 Å². The summed E-state index contributed by atoms with van der Waals surface area (Å²) < 4.78 is 24.8. The van der Waals surface area contributed by atoms with Gasteiger partial charge in [0, 0.05) is 5.56 Å². The molecule has 0 saturated carbocycles. The highest BCUT2D eigenvalue weighted by molar-refractivity contribution is 6.13. The lowest BCUT2D eigenvalue weighted by Crippen LogP contribution is -2.14. The number of carbonyl (C=O) groups excluding carboxylic acids is 1. The maximum absolute atomic E-state index is 13.9. The van der Waals surface area contributed by atoms with Crippen molar-refractivity contribution in [3.63, 3.8) is 0 Å². The molecule has 0 spiro atoms. The average Bonchev–Trinajstić information content (AvgIpc) is 3.18. The number of nitrogens with one attached hydrogen (secondary N) is 1. The summed E-state index contributed by atoms with van der Waals surface area (Å²) in [6.45, 7) is 5.37. The van der Waals surface area contributed by atoms with Crippen LogP contribution >= 0.6 is 0 Å².